The third kappa shape index (κ3) is 3.65. The van der Waals surface area contributed by atoms with E-state index in [0.29, 0.717) is 0 Å². The van der Waals surface area contributed by atoms with Gasteiger partial charge in [0.15, 0.2) is 0 Å². The van der Waals surface area contributed by atoms with Crippen LogP contribution in [0.15, 0.2) is 97.1 Å². The number of ether oxygens (including phenoxy) is 1. The van der Waals surface area contributed by atoms with E-state index in [-0.39, 0.29) is 12.2 Å². The topological polar surface area (TPSA) is 61.3 Å². The van der Waals surface area contributed by atoms with E-state index in [1.54, 1.807) is 0 Å². The number of rotatable bonds is 4. The molecule has 0 bridgehead atoms. The summed E-state index contributed by atoms with van der Waals surface area (Å²) >= 11 is 0. The molecule has 2 aromatic rings. The first-order valence-corrected chi connectivity index (χ1v) is 10.0. The average molecular weight is 385 g/mol. The Morgan fingerprint density at radius 1 is 0.655 bits per heavy atom. The van der Waals surface area contributed by atoms with E-state index < -0.39 is 11.1 Å². The number of nitrogens with two attached hydrogens (primary N) is 2. The van der Waals surface area contributed by atoms with Crippen LogP contribution in [0.3, 0.4) is 0 Å². The molecule has 0 heterocycles. The predicted octanol–water partition coefficient (Wildman–Crippen LogP) is 4.48. The standard InChI is InChI=1S/C26H28N2O/c1-25(27)21(19-11-5-3-6-12-19)15-9-17-23(25)29-24-18-10-16-22(26(24,2)28)20-13-7-4-8-14-20/h3-18,23-24H,27-28H2,1-2H3. The third-order valence-corrected chi connectivity index (χ3v) is 5.90. The molecule has 3 heteroatoms. The zero-order valence-corrected chi connectivity index (χ0v) is 17.0. The van der Waals surface area contributed by atoms with Crippen LogP contribution in [-0.4, -0.2) is 23.3 Å². The molecule has 4 rings (SSSR count). The minimum Gasteiger partial charge on any atom is -0.362 e. The fourth-order valence-electron chi connectivity index (χ4n) is 4.15. The van der Waals surface area contributed by atoms with E-state index in [1.165, 1.54) is 0 Å². The van der Waals surface area contributed by atoms with Crippen molar-refractivity contribution in [1.82, 2.24) is 0 Å². The monoisotopic (exact) mass is 384 g/mol. The van der Waals surface area contributed by atoms with Gasteiger partial charge in [-0.25, -0.2) is 0 Å². The van der Waals surface area contributed by atoms with E-state index in [0.717, 1.165) is 22.3 Å². The van der Waals surface area contributed by atoms with E-state index in [9.17, 15) is 0 Å². The normalized spacial score (nSPS) is 31.3. The SMILES string of the molecule is CC1(N)C(c2ccccc2)=CC=CC1OC1C=CC=C(c2ccccc2)C1(C)N. The second-order valence-electron chi connectivity index (χ2n) is 8.21. The van der Waals surface area contributed by atoms with Crippen molar-refractivity contribution in [3.8, 4) is 0 Å². The highest BCUT2D eigenvalue weighted by Crippen LogP contribution is 2.38. The number of benzene rings is 2. The summed E-state index contributed by atoms with van der Waals surface area (Å²) < 4.78 is 6.56. The quantitative estimate of drug-likeness (QED) is 0.817. The summed E-state index contributed by atoms with van der Waals surface area (Å²) in [5.41, 5.74) is 16.6. The van der Waals surface area contributed by atoms with Gasteiger partial charge in [-0.1, -0.05) is 97.1 Å². The maximum atomic E-state index is 6.83. The Bertz CT molecular complexity index is 900. The Hall–Kier alpha value is -2.72. The van der Waals surface area contributed by atoms with Crippen LogP contribution in [0.5, 0.6) is 0 Å². The molecule has 0 aliphatic heterocycles. The van der Waals surface area contributed by atoms with Gasteiger partial charge in [-0.05, 0) is 36.1 Å². The van der Waals surface area contributed by atoms with Crippen molar-refractivity contribution >= 4 is 11.1 Å². The van der Waals surface area contributed by atoms with Crippen LogP contribution in [-0.2, 0) is 4.74 Å². The van der Waals surface area contributed by atoms with Crippen LogP contribution < -0.4 is 11.5 Å². The molecule has 0 amide bonds. The largest absolute Gasteiger partial charge is 0.362 e. The minimum absolute atomic E-state index is 0.296. The summed E-state index contributed by atoms with van der Waals surface area (Å²) in [6.45, 7) is 4.04. The summed E-state index contributed by atoms with van der Waals surface area (Å²) in [5, 5.41) is 0. The molecular weight excluding hydrogens is 356 g/mol. The second-order valence-corrected chi connectivity index (χ2v) is 8.21. The lowest BCUT2D eigenvalue weighted by Crippen LogP contribution is -2.57. The first-order chi connectivity index (χ1) is 13.9. The van der Waals surface area contributed by atoms with Gasteiger partial charge in [0.25, 0.3) is 0 Å². The Labute approximate surface area is 173 Å². The molecule has 0 radical (unpaired) electrons. The first kappa shape index (κ1) is 19.6. The smallest absolute Gasteiger partial charge is 0.0986 e. The lowest BCUT2D eigenvalue weighted by atomic mass is 9.77. The van der Waals surface area contributed by atoms with Crippen molar-refractivity contribution in [2.75, 3.05) is 0 Å². The maximum absolute atomic E-state index is 6.83. The fraction of sp³-hybridized carbons (Fsp3) is 0.231. The van der Waals surface area contributed by atoms with Crippen LogP contribution in [0.2, 0.25) is 0 Å². The molecule has 2 aliphatic rings. The molecule has 4 N–H and O–H groups in total. The van der Waals surface area contributed by atoms with Crippen LogP contribution in [0.4, 0.5) is 0 Å². The molecule has 4 unspecified atom stereocenters. The molecule has 0 aromatic heterocycles. The molecule has 0 saturated carbocycles. The summed E-state index contributed by atoms with van der Waals surface area (Å²) in [4.78, 5) is 0. The van der Waals surface area contributed by atoms with Gasteiger partial charge in [0.05, 0.1) is 23.3 Å². The molecule has 0 fully saturated rings. The molecule has 148 valence electrons. The molecule has 4 atom stereocenters. The summed E-state index contributed by atoms with van der Waals surface area (Å²) in [6.07, 6.45) is 11.6. The van der Waals surface area contributed by atoms with Gasteiger partial charge in [-0.3, -0.25) is 0 Å². The third-order valence-electron chi connectivity index (χ3n) is 5.90. The summed E-state index contributed by atoms with van der Waals surface area (Å²) in [6, 6.07) is 20.4. The van der Waals surface area contributed by atoms with Crippen LogP contribution in [0.1, 0.15) is 25.0 Å². The molecule has 3 nitrogen and oxygen atoms in total. The van der Waals surface area contributed by atoms with Crippen LogP contribution >= 0.6 is 0 Å². The van der Waals surface area contributed by atoms with Gasteiger partial charge in [-0.2, -0.15) is 0 Å². The van der Waals surface area contributed by atoms with Crippen molar-refractivity contribution in [1.29, 1.82) is 0 Å². The zero-order valence-electron chi connectivity index (χ0n) is 17.0. The van der Waals surface area contributed by atoms with Gasteiger partial charge in [0.1, 0.15) is 0 Å². The van der Waals surface area contributed by atoms with Crippen molar-refractivity contribution in [3.63, 3.8) is 0 Å². The number of hydrogen-bond donors (Lipinski definition) is 2. The maximum Gasteiger partial charge on any atom is 0.0986 e. The van der Waals surface area contributed by atoms with Crippen molar-refractivity contribution in [3.05, 3.63) is 108 Å². The van der Waals surface area contributed by atoms with Gasteiger partial charge < -0.3 is 16.2 Å². The highest BCUT2D eigenvalue weighted by atomic mass is 16.5. The van der Waals surface area contributed by atoms with Gasteiger partial charge in [0.2, 0.25) is 0 Å². The van der Waals surface area contributed by atoms with E-state index in [2.05, 4.69) is 36.4 Å². The van der Waals surface area contributed by atoms with Crippen LogP contribution in [0, 0.1) is 0 Å². The van der Waals surface area contributed by atoms with E-state index in [1.807, 2.05) is 74.5 Å². The lowest BCUT2D eigenvalue weighted by Gasteiger charge is -2.43. The molecule has 2 aromatic carbocycles. The lowest BCUT2D eigenvalue weighted by molar-refractivity contribution is -0.00766. The predicted molar refractivity (Wildman–Crippen MR) is 121 cm³/mol. The van der Waals surface area contributed by atoms with Crippen molar-refractivity contribution < 1.29 is 4.74 Å². The highest BCUT2D eigenvalue weighted by Gasteiger charge is 2.42. The van der Waals surface area contributed by atoms with E-state index >= 15 is 0 Å². The molecule has 0 saturated heterocycles. The first-order valence-electron chi connectivity index (χ1n) is 10.0. The highest BCUT2D eigenvalue weighted by molar-refractivity contribution is 5.77. The minimum atomic E-state index is -0.673. The van der Waals surface area contributed by atoms with Crippen molar-refractivity contribution in [2.24, 2.45) is 11.5 Å². The van der Waals surface area contributed by atoms with E-state index in [4.69, 9.17) is 16.2 Å². The Morgan fingerprint density at radius 2 is 1.03 bits per heavy atom. The zero-order chi connectivity index (χ0) is 20.5. The number of allylic oxidation sites excluding steroid dienone is 4. The van der Waals surface area contributed by atoms with Gasteiger partial charge in [-0.15, -0.1) is 0 Å². The Kier molecular flexibility index (Phi) is 5.13. The van der Waals surface area contributed by atoms with Crippen molar-refractivity contribution in [2.45, 2.75) is 37.1 Å². The molecular formula is C26H28N2O. The average Bonchev–Trinajstić information content (AvgIpc) is 2.71. The summed E-state index contributed by atoms with van der Waals surface area (Å²) in [7, 11) is 0. The Morgan fingerprint density at radius 3 is 1.41 bits per heavy atom. The van der Waals surface area contributed by atoms with Crippen LogP contribution in [0.25, 0.3) is 11.1 Å². The second kappa shape index (κ2) is 7.60. The summed E-state index contributed by atoms with van der Waals surface area (Å²) in [5.74, 6) is 0. The van der Waals surface area contributed by atoms with Gasteiger partial charge in [0, 0.05) is 0 Å². The fourth-order valence-corrected chi connectivity index (χ4v) is 4.15. The Balaban J connectivity index is 1.60. The molecule has 2 aliphatic carbocycles. The number of hydrogen-bond acceptors (Lipinski definition) is 3. The molecule has 0 spiro atoms. The van der Waals surface area contributed by atoms with Gasteiger partial charge >= 0.3 is 0 Å². The molecule has 29 heavy (non-hydrogen) atoms.